The summed E-state index contributed by atoms with van der Waals surface area (Å²) in [5.74, 6) is 0.379. The second-order valence-electron chi connectivity index (χ2n) is 6.67. The van der Waals surface area contributed by atoms with E-state index in [0.717, 1.165) is 30.0 Å². The first-order chi connectivity index (χ1) is 14.3. The number of aromatic nitrogens is 5. The van der Waals surface area contributed by atoms with Crippen molar-refractivity contribution in [1.82, 2.24) is 24.1 Å². The molecule has 6 nitrogen and oxygen atoms in total. The van der Waals surface area contributed by atoms with Crippen molar-refractivity contribution < 1.29 is 13.2 Å². The van der Waals surface area contributed by atoms with Gasteiger partial charge in [0.25, 0.3) is 5.56 Å². The molecule has 0 aliphatic carbocycles. The van der Waals surface area contributed by atoms with Crippen LogP contribution in [0.15, 0.2) is 34.2 Å². The van der Waals surface area contributed by atoms with Crippen LogP contribution in [0.2, 0.25) is 0 Å². The fourth-order valence-electron chi connectivity index (χ4n) is 3.08. The van der Waals surface area contributed by atoms with Gasteiger partial charge in [-0.05, 0) is 31.0 Å². The molecular formula is C19H18F3N5OS2. The molecule has 11 heteroatoms. The summed E-state index contributed by atoms with van der Waals surface area (Å²) in [6.07, 6.45) is -2.93. The van der Waals surface area contributed by atoms with Crippen LogP contribution in [0, 0.1) is 0 Å². The third kappa shape index (κ3) is 3.95. The van der Waals surface area contributed by atoms with Gasteiger partial charge >= 0.3 is 6.18 Å². The van der Waals surface area contributed by atoms with E-state index in [2.05, 4.69) is 15.1 Å². The molecule has 0 amide bonds. The van der Waals surface area contributed by atoms with Crippen molar-refractivity contribution in [3.63, 3.8) is 0 Å². The van der Waals surface area contributed by atoms with Crippen LogP contribution >= 0.6 is 23.1 Å². The van der Waals surface area contributed by atoms with Crippen molar-refractivity contribution >= 4 is 39.1 Å². The van der Waals surface area contributed by atoms with Crippen molar-refractivity contribution in [2.24, 2.45) is 0 Å². The Bertz CT molecular complexity index is 1280. The average molecular weight is 454 g/mol. The highest BCUT2D eigenvalue weighted by Crippen LogP contribution is 2.33. The number of fused-ring (bicyclic) bond motifs is 2. The topological polar surface area (TPSA) is 65.1 Å². The van der Waals surface area contributed by atoms with Gasteiger partial charge in [-0.2, -0.15) is 22.8 Å². The average Bonchev–Trinajstić information content (AvgIpc) is 3.27. The largest absolute Gasteiger partial charge is 0.416 e. The Morgan fingerprint density at radius 3 is 2.67 bits per heavy atom. The van der Waals surface area contributed by atoms with Gasteiger partial charge in [0, 0.05) is 18.4 Å². The number of aryl methyl sites for hydroxylation is 2. The van der Waals surface area contributed by atoms with E-state index in [0.29, 0.717) is 39.1 Å². The van der Waals surface area contributed by atoms with E-state index in [1.165, 1.54) is 39.7 Å². The number of nitrogens with zero attached hydrogens (tertiary/aromatic N) is 5. The Hall–Kier alpha value is -2.40. The maximum absolute atomic E-state index is 13.1. The summed E-state index contributed by atoms with van der Waals surface area (Å²) < 4.78 is 42.5. The number of thioether (sulfide) groups is 1. The van der Waals surface area contributed by atoms with Gasteiger partial charge in [-0.25, -0.2) is 9.97 Å². The normalized spacial score (nSPS) is 12.3. The minimum Gasteiger partial charge on any atom is -0.319 e. The minimum atomic E-state index is -4.41. The first-order valence-electron chi connectivity index (χ1n) is 9.39. The quantitative estimate of drug-likeness (QED) is 0.393. The monoisotopic (exact) mass is 453 g/mol. The van der Waals surface area contributed by atoms with Gasteiger partial charge in [0.1, 0.15) is 5.01 Å². The van der Waals surface area contributed by atoms with Gasteiger partial charge in [-0.15, -0.1) is 0 Å². The molecule has 0 fully saturated rings. The molecule has 0 spiro atoms. The standard InChI is InChI=1S/C19H18F3N5OS2/c1-3-7-26-14-8-11(19(20,21)22)5-6-13(14)24-17(26)29-10-12-9-16(28)27-18(23-12)30-15(4-2)25-27/h5-6,8-9H,3-4,7,10H2,1-2H3. The second kappa shape index (κ2) is 8.03. The smallest absolute Gasteiger partial charge is 0.319 e. The van der Waals surface area contributed by atoms with Crippen LogP contribution in [-0.2, 0) is 24.9 Å². The lowest BCUT2D eigenvalue weighted by atomic mass is 10.2. The highest BCUT2D eigenvalue weighted by atomic mass is 32.2. The first-order valence-corrected chi connectivity index (χ1v) is 11.2. The molecule has 158 valence electrons. The van der Waals surface area contributed by atoms with Crippen molar-refractivity contribution in [1.29, 1.82) is 0 Å². The first kappa shape index (κ1) is 20.9. The lowest BCUT2D eigenvalue weighted by Crippen LogP contribution is -2.15. The molecular weight excluding hydrogens is 435 g/mol. The maximum atomic E-state index is 13.1. The fourth-order valence-corrected chi connectivity index (χ4v) is 4.87. The Morgan fingerprint density at radius 1 is 1.17 bits per heavy atom. The molecule has 3 heterocycles. The molecule has 0 aliphatic heterocycles. The van der Waals surface area contributed by atoms with Crippen LogP contribution in [0.3, 0.4) is 0 Å². The van der Waals surface area contributed by atoms with Crippen LogP contribution < -0.4 is 5.56 Å². The van der Waals surface area contributed by atoms with Crippen molar-refractivity contribution in [3.05, 3.63) is 50.9 Å². The van der Waals surface area contributed by atoms with E-state index in [-0.39, 0.29) is 5.56 Å². The molecule has 3 aromatic heterocycles. The molecule has 0 saturated carbocycles. The molecule has 4 rings (SSSR count). The van der Waals surface area contributed by atoms with Gasteiger partial charge in [-0.3, -0.25) is 4.79 Å². The molecule has 0 saturated heterocycles. The van der Waals surface area contributed by atoms with E-state index in [1.807, 2.05) is 13.8 Å². The molecule has 4 aromatic rings. The molecule has 0 aliphatic rings. The van der Waals surface area contributed by atoms with Crippen LogP contribution in [0.25, 0.3) is 16.0 Å². The number of hydrogen-bond donors (Lipinski definition) is 0. The molecule has 1 aromatic carbocycles. The summed E-state index contributed by atoms with van der Waals surface area (Å²) in [4.78, 5) is 21.9. The van der Waals surface area contributed by atoms with Crippen molar-refractivity contribution in [2.45, 2.75) is 50.3 Å². The second-order valence-corrected chi connectivity index (χ2v) is 8.65. The molecule has 0 atom stereocenters. The number of rotatable bonds is 6. The summed E-state index contributed by atoms with van der Waals surface area (Å²) >= 11 is 2.72. The summed E-state index contributed by atoms with van der Waals surface area (Å²) in [6.45, 7) is 4.46. The van der Waals surface area contributed by atoms with Crippen LogP contribution in [0.4, 0.5) is 13.2 Å². The van der Waals surface area contributed by atoms with E-state index >= 15 is 0 Å². The van der Waals surface area contributed by atoms with Crippen LogP contribution in [0.5, 0.6) is 0 Å². The highest BCUT2D eigenvalue weighted by molar-refractivity contribution is 7.98. The third-order valence-electron chi connectivity index (χ3n) is 4.48. The summed E-state index contributed by atoms with van der Waals surface area (Å²) in [5.41, 5.74) is 0.608. The third-order valence-corrected chi connectivity index (χ3v) is 6.54. The molecule has 30 heavy (non-hydrogen) atoms. The maximum Gasteiger partial charge on any atom is 0.416 e. The summed E-state index contributed by atoms with van der Waals surface area (Å²) in [6, 6.07) is 5.02. The number of benzene rings is 1. The number of halogens is 3. The number of hydrogen-bond acceptors (Lipinski definition) is 6. The zero-order valence-corrected chi connectivity index (χ0v) is 17.9. The zero-order chi connectivity index (χ0) is 21.5. The Balaban J connectivity index is 1.67. The van der Waals surface area contributed by atoms with Crippen LogP contribution in [0.1, 0.15) is 36.5 Å². The highest BCUT2D eigenvalue weighted by Gasteiger charge is 2.31. The van der Waals surface area contributed by atoms with E-state index in [1.54, 1.807) is 4.57 Å². The summed E-state index contributed by atoms with van der Waals surface area (Å²) in [7, 11) is 0. The number of alkyl halides is 3. The number of imidazole rings is 1. The molecule has 0 radical (unpaired) electrons. The Kier molecular flexibility index (Phi) is 5.58. The fraction of sp³-hybridized carbons (Fsp3) is 0.368. The molecule has 0 N–H and O–H groups in total. The van der Waals surface area contributed by atoms with Gasteiger partial charge in [-0.1, -0.05) is 36.9 Å². The van der Waals surface area contributed by atoms with E-state index < -0.39 is 11.7 Å². The SMILES string of the molecule is CCCn1c(SCc2cc(=O)n3nc(CC)sc3n2)nc2ccc(C(F)(F)F)cc21. The van der Waals surface area contributed by atoms with E-state index in [4.69, 9.17) is 0 Å². The Morgan fingerprint density at radius 2 is 1.97 bits per heavy atom. The van der Waals surface area contributed by atoms with E-state index in [9.17, 15) is 18.0 Å². The van der Waals surface area contributed by atoms with Gasteiger partial charge in [0.15, 0.2) is 5.16 Å². The summed E-state index contributed by atoms with van der Waals surface area (Å²) in [5, 5.41) is 5.66. The predicted octanol–water partition coefficient (Wildman–Crippen LogP) is 4.78. The van der Waals surface area contributed by atoms with Crippen molar-refractivity contribution in [2.75, 3.05) is 0 Å². The molecule has 0 unspecified atom stereocenters. The van der Waals surface area contributed by atoms with Crippen LogP contribution in [-0.4, -0.2) is 24.1 Å². The Labute approximate surface area is 177 Å². The lowest BCUT2D eigenvalue weighted by molar-refractivity contribution is -0.137. The van der Waals surface area contributed by atoms with Gasteiger partial charge in [0.05, 0.1) is 22.3 Å². The zero-order valence-electron chi connectivity index (χ0n) is 16.2. The van der Waals surface area contributed by atoms with Gasteiger partial charge in [0.2, 0.25) is 4.96 Å². The minimum absolute atomic E-state index is 0.247. The van der Waals surface area contributed by atoms with Crippen molar-refractivity contribution in [3.8, 4) is 0 Å². The molecule has 0 bridgehead atoms. The lowest BCUT2D eigenvalue weighted by Gasteiger charge is -2.09. The predicted molar refractivity (Wildman–Crippen MR) is 111 cm³/mol. The van der Waals surface area contributed by atoms with Gasteiger partial charge < -0.3 is 4.57 Å².